The van der Waals surface area contributed by atoms with Gasteiger partial charge >= 0.3 is 0 Å². The SMILES string of the molecule is CCCN(CCNC(=O)C(NC(=O)c1nn(Cc2ccc(F)cc2F)c2ccccc12)C(C)(C)C)CC(C)=O. The number of Topliss-reactive ketones (excluding diaryl/α,β-unsaturated/α-hetero) is 1. The van der Waals surface area contributed by atoms with Gasteiger partial charge in [0.25, 0.3) is 5.91 Å². The number of benzene rings is 2. The van der Waals surface area contributed by atoms with Crippen LogP contribution >= 0.6 is 0 Å². The van der Waals surface area contributed by atoms with Gasteiger partial charge in [0.2, 0.25) is 5.91 Å². The van der Waals surface area contributed by atoms with E-state index < -0.39 is 29.0 Å². The van der Waals surface area contributed by atoms with Crippen LogP contribution < -0.4 is 10.6 Å². The Morgan fingerprint density at radius 1 is 1.08 bits per heavy atom. The molecule has 0 aliphatic heterocycles. The fourth-order valence-electron chi connectivity index (χ4n) is 4.44. The average molecular weight is 542 g/mol. The molecule has 210 valence electrons. The Hall–Kier alpha value is -3.66. The minimum absolute atomic E-state index is 0.00237. The molecule has 2 N–H and O–H groups in total. The van der Waals surface area contributed by atoms with Gasteiger partial charge in [-0.2, -0.15) is 5.10 Å². The first-order valence-electron chi connectivity index (χ1n) is 13.1. The van der Waals surface area contributed by atoms with Crippen molar-refractivity contribution < 1.29 is 23.2 Å². The van der Waals surface area contributed by atoms with Gasteiger partial charge in [-0.15, -0.1) is 0 Å². The first-order chi connectivity index (χ1) is 18.4. The van der Waals surface area contributed by atoms with Crippen LogP contribution in [0.15, 0.2) is 42.5 Å². The molecule has 0 saturated heterocycles. The van der Waals surface area contributed by atoms with Crippen LogP contribution in [-0.4, -0.2) is 64.5 Å². The molecule has 0 fully saturated rings. The van der Waals surface area contributed by atoms with Crippen molar-refractivity contribution in [1.82, 2.24) is 25.3 Å². The second kappa shape index (κ2) is 12.9. The normalized spacial score (nSPS) is 12.5. The molecule has 39 heavy (non-hydrogen) atoms. The predicted molar refractivity (Wildman–Crippen MR) is 146 cm³/mol. The lowest BCUT2D eigenvalue weighted by Crippen LogP contribution is -2.54. The van der Waals surface area contributed by atoms with Crippen LogP contribution in [-0.2, 0) is 16.1 Å². The zero-order valence-electron chi connectivity index (χ0n) is 23.2. The third kappa shape index (κ3) is 7.92. The van der Waals surface area contributed by atoms with Gasteiger partial charge in [0, 0.05) is 30.1 Å². The van der Waals surface area contributed by atoms with Crippen LogP contribution in [0.25, 0.3) is 10.9 Å². The third-order valence-electron chi connectivity index (χ3n) is 6.33. The smallest absolute Gasteiger partial charge is 0.273 e. The molecule has 3 rings (SSSR count). The number of rotatable bonds is 12. The maximum atomic E-state index is 14.3. The number of carbonyl (C=O) groups excluding carboxylic acids is 3. The molecule has 10 heteroatoms. The van der Waals surface area contributed by atoms with Crippen LogP contribution in [0.4, 0.5) is 8.78 Å². The molecule has 1 unspecified atom stereocenters. The van der Waals surface area contributed by atoms with Gasteiger partial charge in [-0.3, -0.25) is 24.0 Å². The van der Waals surface area contributed by atoms with Gasteiger partial charge in [-0.25, -0.2) is 8.78 Å². The second-order valence-electron chi connectivity index (χ2n) is 10.8. The second-order valence-corrected chi connectivity index (χ2v) is 10.8. The molecule has 0 radical (unpaired) electrons. The highest BCUT2D eigenvalue weighted by molar-refractivity contribution is 6.06. The van der Waals surface area contributed by atoms with Gasteiger partial charge in [0.1, 0.15) is 23.5 Å². The summed E-state index contributed by atoms with van der Waals surface area (Å²) in [7, 11) is 0. The van der Waals surface area contributed by atoms with Crippen LogP contribution in [0.5, 0.6) is 0 Å². The number of aromatic nitrogens is 2. The molecule has 0 aliphatic carbocycles. The van der Waals surface area contributed by atoms with Gasteiger partial charge in [-0.05, 0) is 37.4 Å². The molecule has 2 amide bonds. The van der Waals surface area contributed by atoms with Crippen molar-refractivity contribution in [3.05, 3.63) is 65.4 Å². The Morgan fingerprint density at radius 2 is 1.79 bits per heavy atom. The van der Waals surface area contributed by atoms with E-state index in [1.54, 1.807) is 24.3 Å². The number of nitrogens with zero attached hydrogens (tertiary/aromatic N) is 3. The topological polar surface area (TPSA) is 96.3 Å². The van der Waals surface area contributed by atoms with Crippen molar-refractivity contribution in [2.45, 2.75) is 53.6 Å². The van der Waals surface area contributed by atoms with E-state index in [1.165, 1.54) is 23.7 Å². The summed E-state index contributed by atoms with van der Waals surface area (Å²) < 4.78 is 29.2. The van der Waals surface area contributed by atoms with Gasteiger partial charge in [-0.1, -0.05) is 52.0 Å². The summed E-state index contributed by atoms with van der Waals surface area (Å²) in [4.78, 5) is 40.1. The number of halogens is 2. The molecule has 0 aliphatic rings. The van der Waals surface area contributed by atoms with Crippen molar-refractivity contribution in [3.63, 3.8) is 0 Å². The molecule has 1 atom stereocenters. The number of hydrogen-bond acceptors (Lipinski definition) is 5. The molecule has 0 saturated carbocycles. The predicted octanol–water partition coefficient (Wildman–Crippen LogP) is 3.92. The first-order valence-corrected chi connectivity index (χ1v) is 13.1. The number of fused-ring (bicyclic) bond motifs is 1. The Kier molecular flexibility index (Phi) is 9.91. The van der Waals surface area contributed by atoms with E-state index >= 15 is 0 Å². The monoisotopic (exact) mass is 541 g/mol. The number of carbonyl (C=O) groups is 3. The first kappa shape index (κ1) is 29.9. The summed E-state index contributed by atoms with van der Waals surface area (Å²) >= 11 is 0. The number of nitrogens with one attached hydrogen (secondary N) is 2. The number of hydrogen-bond donors (Lipinski definition) is 2. The van der Waals surface area contributed by atoms with E-state index in [1.807, 2.05) is 32.6 Å². The maximum absolute atomic E-state index is 14.3. The number of amides is 2. The Labute approximate surface area is 227 Å². The fourth-order valence-corrected chi connectivity index (χ4v) is 4.44. The van der Waals surface area contributed by atoms with Crippen molar-refractivity contribution in [1.29, 1.82) is 0 Å². The highest BCUT2D eigenvalue weighted by Gasteiger charge is 2.34. The lowest BCUT2D eigenvalue weighted by molar-refractivity contribution is -0.125. The lowest BCUT2D eigenvalue weighted by Gasteiger charge is -2.30. The molecule has 0 bridgehead atoms. The summed E-state index contributed by atoms with van der Waals surface area (Å²) in [5.74, 6) is -2.20. The highest BCUT2D eigenvalue weighted by atomic mass is 19.1. The van der Waals surface area contributed by atoms with Gasteiger partial charge in [0.15, 0.2) is 5.69 Å². The fraction of sp³-hybridized carbons (Fsp3) is 0.448. The zero-order valence-corrected chi connectivity index (χ0v) is 23.2. The summed E-state index contributed by atoms with van der Waals surface area (Å²) in [6.45, 7) is 11.0. The van der Waals surface area contributed by atoms with Crippen LogP contribution in [0.1, 0.15) is 57.1 Å². The molecule has 0 spiro atoms. The maximum Gasteiger partial charge on any atom is 0.273 e. The summed E-state index contributed by atoms with van der Waals surface area (Å²) in [5.41, 5.74) is 0.318. The minimum atomic E-state index is -0.865. The van der Waals surface area contributed by atoms with Crippen LogP contribution in [0.2, 0.25) is 0 Å². The van der Waals surface area contributed by atoms with E-state index in [0.29, 0.717) is 30.5 Å². The lowest BCUT2D eigenvalue weighted by atomic mass is 9.86. The molecule has 8 nitrogen and oxygen atoms in total. The summed E-state index contributed by atoms with van der Waals surface area (Å²) in [6, 6.07) is 9.50. The van der Waals surface area contributed by atoms with Crippen molar-refractivity contribution in [2.24, 2.45) is 5.41 Å². The molecule has 2 aromatic carbocycles. The number of para-hydroxylation sites is 1. The summed E-state index contributed by atoms with van der Waals surface area (Å²) in [5, 5.41) is 10.7. The quantitative estimate of drug-likeness (QED) is 0.362. The molecule has 1 heterocycles. The Morgan fingerprint density at radius 3 is 2.44 bits per heavy atom. The number of ketones is 1. The van der Waals surface area contributed by atoms with Crippen molar-refractivity contribution in [2.75, 3.05) is 26.2 Å². The van der Waals surface area contributed by atoms with Gasteiger partial charge < -0.3 is 10.6 Å². The summed E-state index contributed by atoms with van der Waals surface area (Å²) in [6.07, 6.45) is 0.885. The van der Waals surface area contributed by atoms with E-state index in [4.69, 9.17) is 0 Å². The molecule has 1 aromatic heterocycles. The van der Waals surface area contributed by atoms with Crippen LogP contribution in [0, 0.1) is 17.0 Å². The third-order valence-corrected chi connectivity index (χ3v) is 6.33. The largest absolute Gasteiger partial charge is 0.353 e. The van der Waals surface area contributed by atoms with E-state index in [2.05, 4.69) is 15.7 Å². The van der Waals surface area contributed by atoms with E-state index in [9.17, 15) is 23.2 Å². The van der Waals surface area contributed by atoms with Crippen molar-refractivity contribution >= 4 is 28.5 Å². The van der Waals surface area contributed by atoms with E-state index in [-0.39, 0.29) is 29.5 Å². The van der Waals surface area contributed by atoms with Crippen LogP contribution in [0.3, 0.4) is 0 Å². The highest BCUT2D eigenvalue weighted by Crippen LogP contribution is 2.23. The molecular formula is C29H37F2N5O3. The zero-order chi connectivity index (χ0) is 28.7. The standard InChI is InChI=1S/C29H37F2N5O3/c1-6-14-35(17-19(2)37)15-13-32-28(39)26(29(3,4)5)33-27(38)25-22-9-7-8-10-24(22)36(34-25)18-20-11-12-21(30)16-23(20)31/h7-12,16,26H,6,13-15,17-18H2,1-5H3,(H,32,39)(H,33,38). The average Bonchev–Trinajstić information content (AvgIpc) is 3.21. The minimum Gasteiger partial charge on any atom is -0.353 e. The Bertz CT molecular complexity index is 1330. The van der Waals surface area contributed by atoms with Gasteiger partial charge in [0.05, 0.1) is 18.6 Å². The van der Waals surface area contributed by atoms with E-state index in [0.717, 1.165) is 19.0 Å². The molecular weight excluding hydrogens is 504 g/mol. The molecule has 3 aromatic rings. The Balaban J connectivity index is 1.79. The van der Waals surface area contributed by atoms with Crippen molar-refractivity contribution in [3.8, 4) is 0 Å².